The topological polar surface area (TPSA) is 121 Å². The number of carbonyl (C=O) groups is 1. The SMILES string of the molecule is C=CC(=O)N1CCC[C@@H](n2nc(-c3ccc(OCc4ccccn4)c(OC)c3)c3c(N)ncnc32)C1. The summed E-state index contributed by atoms with van der Waals surface area (Å²) in [5.41, 5.74) is 9.18. The minimum absolute atomic E-state index is 0.0453. The van der Waals surface area contributed by atoms with E-state index in [0.717, 1.165) is 24.1 Å². The number of hydrogen-bond donors (Lipinski definition) is 1. The number of piperidine rings is 1. The van der Waals surface area contributed by atoms with Crippen LogP contribution < -0.4 is 15.2 Å². The normalized spacial score (nSPS) is 15.6. The van der Waals surface area contributed by atoms with Crippen LogP contribution >= 0.6 is 0 Å². The van der Waals surface area contributed by atoms with Gasteiger partial charge in [-0.2, -0.15) is 5.10 Å². The fourth-order valence-electron chi connectivity index (χ4n) is 4.51. The van der Waals surface area contributed by atoms with Gasteiger partial charge in [-0.3, -0.25) is 9.78 Å². The Morgan fingerprint density at radius 1 is 1.22 bits per heavy atom. The van der Waals surface area contributed by atoms with Crippen LogP contribution in [0.5, 0.6) is 11.5 Å². The van der Waals surface area contributed by atoms with Gasteiger partial charge in [-0.25, -0.2) is 14.6 Å². The molecular formula is C26H27N7O3. The highest BCUT2D eigenvalue weighted by atomic mass is 16.5. The molecule has 0 unspecified atom stereocenters. The van der Waals surface area contributed by atoms with E-state index in [9.17, 15) is 4.79 Å². The van der Waals surface area contributed by atoms with Crippen LogP contribution in [-0.2, 0) is 11.4 Å². The number of carbonyl (C=O) groups excluding carboxylic acids is 1. The van der Waals surface area contributed by atoms with Gasteiger partial charge in [-0.15, -0.1) is 0 Å². The molecule has 36 heavy (non-hydrogen) atoms. The molecule has 1 atom stereocenters. The van der Waals surface area contributed by atoms with E-state index < -0.39 is 0 Å². The Kier molecular flexibility index (Phi) is 6.48. The number of anilines is 1. The van der Waals surface area contributed by atoms with Crippen LogP contribution in [0.1, 0.15) is 24.6 Å². The Morgan fingerprint density at radius 2 is 2.11 bits per heavy atom. The number of hydrogen-bond acceptors (Lipinski definition) is 8. The highest BCUT2D eigenvalue weighted by Gasteiger charge is 2.28. The van der Waals surface area contributed by atoms with Crippen LogP contribution in [0.3, 0.4) is 0 Å². The van der Waals surface area contributed by atoms with Crippen molar-refractivity contribution in [3.63, 3.8) is 0 Å². The number of nitrogens with zero attached hydrogens (tertiary/aromatic N) is 6. The maximum absolute atomic E-state index is 12.2. The zero-order valence-corrected chi connectivity index (χ0v) is 20.0. The molecule has 184 valence electrons. The Balaban J connectivity index is 1.50. The summed E-state index contributed by atoms with van der Waals surface area (Å²) in [7, 11) is 1.59. The molecule has 0 saturated carbocycles. The average molecular weight is 486 g/mol. The Hall–Kier alpha value is -4.47. The molecular weight excluding hydrogens is 458 g/mol. The first kappa shape index (κ1) is 23.3. The summed E-state index contributed by atoms with van der Waals surface area (Å²) in [5, 5.41) is 5.59. The fourth-order valence-corrected chi connectivity index (χ4v) is 4.51. The first-order valence-electron chi connectivity index (χ1n) is 11.7. The molecule has 0 radical (unpaired) electrons. The summed E-state index contributed by atoms with van der Waals surface area (Å²) in [6.07, 6.45) is 6.23. The molecule has 1 saturated heterocycles. The lowest BCUT2D eigenvalue weighted by atomic mass is 10.1. The first-order chi connectivity index (χ1) is 17.6. The maximum atomic E-state index is 12.2. The van der Waals surface area contributed by atoms with Crippen molar-refractivity contribution >= 4 is 22.8 Å². The quantitative estimate of drug-likeness (QED) is 0.395. The zero-order valence-electron chi connectivity index (χ0n) is 20.0. The van der Waals surface area contributed by atoms with Crippen molar-refractivity contribution in [2.75, 3.05) is 25.9 Å². The van der Waals surface area contributed by atoms with Gasteiger partial charge >= 0.3 is 0 Å². The summed E-state index contributed by atoms with van der Waals surface area (Å²) >= 11 is 0. The number of fused-ring (bicyclic) bond motifs is 1. The van der Waals surface area contributed by atoms with Crippen LogP contribution in [-0.4, -0.2) is 55.7 Å². The van der Waals surface area contributed by atoms with Gasteiger partial charge in [0.15, 0.2) is 17.1 Å². The van der Waals surface area contributed by atoms with Gasteiger partial charge in [0.1, 0.15) is 24.4 Å². The van der Waals surface area contributed by atoms with Gasteiger partial charge in [0.2, 0.25) is 5.91 Å². The van der Waals surface area contributed by atoms with Crippen molar-refractivity contribution in [3.8, 4) is 22.8 Å². The molecule has 5 rings (SSSR count). The molecule has 1 aliphatic rings. The van der Waals surface area contributed by atoms with Crippen LogP contribution in [0.25, 0.3) is 22.3 Å². The molecule has 10 heteroatoms. The summed E-state index contributed by atoms with van der Waals surface area (Å²) < 4.78 is 13.4. The van der Waals surface area contributed by atoms with E-state index in [4.69, 9.17) is 20.3 Å². The molecule has 1 fully saturated rings. The largest absolute Gasteiger partial charge is 0.493 e. The van der Waals surface area contributed by atoms with E-state index in [1.54, 1.807) is 18.2 Å². The molecule has 0 bridgehead atoms. The molecule has 4 aromatic rings. The van der Waals surface area contributed by atoms with Gasteiger partial charge in [-0.1, -0.05) is 12.6 Å². The standard InChI is InChI=1S/C26H27N7O3/c1-3-22(34)32-12-6-8-19(14-32)33-26-23(25(27)29-16-30-26)24(31-33)17-9-10-20(21(13-17)35-2)36-15-18-7-4-5-11-28-18/h3-5,7,9-11,13,16,19H,1,6,8,12,14-15H2,2H3,(H2,27,29,30)/t19-/m1/s1. The Bertz CT molecular complexity index is 1400. The lowest BCUT2D eigenvalue weighted by molar-refractivity contribution is -0.127. The molecule has 0 aliphatic carbocycles. The number of ether oxygens (including phenoxy) is 2. The predicted octanol–water partition coefficient (Wildman–Crippen LogP) is 3.41. The predicted molar refractivity (Wildman–Crippen MR) is 135 cm³/mol. The lowest BCUT2D eigenvalue weighted by Gasteiger charge is -2.32. The number of nitrogens with two attached hydrogens (primary N) is 1. The van der Waals surface area contributed by atoms with E-state index >= 15 is 0 Å². The number of likely N-dealkylation sites (tertiary alicyclic amines) is 1. The highest BCUT2D eigenvalue weighted by molar-refractivity contribution is 5.98. The molecule has 3 aromatic heterocycles. The van der Waals surface area contributed by atoms with E-state index in [-0.39, 0.29) is 11.9 Å². The summed E-state index contributed by atoms with van der Waals surface area (Å²) in [6.45, 7) is 5.15. The van der Waals surface area contributed by atoms with E-state index in [1.807, 2.05) is 41.1 Å². The lowest BCUT2D eigenvalue weighted by Crippen LogP contribution is -2.40. The second-order valence-corrected chi connectivity index (χ2v) is 8.51. The van der Waals surface area contributed by atoms with Gasteiger partial charge in [-0.05, 0) is 49.2 Å². The van der Waals surface area contributed by atoms with Crippen LogP contribution in [0, 0.1) is 0 Å². The number of methoxy groups -OCH3 is 1. The Morgan fingerprint density at radius 3 is 2.89 bits per heavy atom. The van der Waals surface area contributed by atoms with Crippen LogP contribution in [0.15, 0.2) is 61.6 Å². The van der Waals surface area contributed by atoms with Gasteiger partial charge in [0, 0.05) is 24.8 Å². The summed E-state index contributed by atoms with van der Waals surface area (Å²) in [5.74, 6) is 1.40. The van der Waals surface area contributed by atoms with E-state index in [1.165, 1.54) is 12.4 Å². The number of rotatable bonds is 7. The number of benzene rings is 1. The van der Waals surface area contributed by atoms with E-state index in [2.05, 4.69) is 21.5 Å². The minimum Gasteiger partial charge on any atom is -0.493 e. The van der Waals surface area contributed by atoms with Crippen molar-refractivity contribution in [2.24, 2.45) is 0 Å². The Labute approximate surface area is 208 Å². The van der Waals surface area contributed by atoms with Crippen molar-refractivity contribution in [1.29, 1.82) is 0 Å². The molecule has 10 nitrogen and oxygen atoms in total. The van der Waals surface area contributed by atoms with E-state index in [0.29, 0.717) is 53.7 Å². The second-order valence-electron chi connectivity index (χ2n) is 8.51. The number of nitrogen functional groups attached to an aromatic ring is 1. The molecule has 2 N–H and O–H groups in total. The smallest absolute Gasteiger partial charge is 0.246 e. The average Bonchev–Trinajstić information content (AvgIpc) is 3.33. The third-order valence-corrected chi connectivity index (χ3v) is 6.29. The molecule has 1 aromatic carbocycles. The molecule has 4 heterocycles. The van der Waals surface area contributed by atoms with Crippen LogP contribution in [0.4, 0.5) is 5.82 Å². The molecule has 0 spiro atoms. The minimum atomic E-state index is -0.0865. The molecule has 1 amide bonds. The highest BCUT2D eigenvalue weighted by Crippen LogP contribution is 2.38. The molecule has 1 aliphatic heterocycles. The van der Waals surface area contributed by atoms with Crippen molar-refractivity contribution in [3.05, 3.63) is 67.3 Å². The van der Waals surface area contributed by atoms with Gasteiger partial charge in [0.25, 0.3) is 0 Å². The third-order valence-electron chi connectivity index (χ3n) is 6.29. The number of pyridine rings is 1. The summed E-state index contributed by atoms with van der Waals surface area (Å²) in [6, 6.07) is 11.2. The monoisotopic (exact) mass is 485 g/mol. The van der Waals surface area contributed by atoms with Crippen molar-refractivity contribution < 1.29 is 14.3 Å². The van der Waals surface area contributed by atoms with Crippen LogP contribution in [0.2, 0.25) is 0 Å². The third kappa shape index (κ3) is 4.45. The zero-order chi connectivity index (χ0) is 25.1. The number of amides is 1. The van der Waals surface area contributed by atoms with Gasteiger partial charge in [0.05, 0.1) is 24.2 Å². The van der Waals surface area contributed by atoms with Gasteiger partial charge < -0.3 is 20.1 Å². The fraction of sp³-hybridized carbons (Fsp3) is 0.269. The van der Waals surface area contributed by atoms with Crippen molar-refractivity contribution in [2.45, 2.75) is 25.5 Å². The summed E-state index contributed by atoms with van der Waals surface area (Å²) in [4.78, 5) is 27.0. The van der Waals surface area contributed by atoms with Crippen molar-refractivity contribution in [1.82, 2.24) is 29.6 Å². The maximum Gasteiger partial charge on any atom is 0.246 e. The second kappa shape index (κ2) is 10.0. The number of aromatic nitrogens is 5. The first-order valence-corrected chi connectivity index (χ1v) is 11.7.